The summed E-state index contributed by atoms with van der Waals surface area (Å²) in [6.07, 6.45) is 4.36. The molecular formula is C17H21FO. The van der Waals surface area contributed by atoms with Crippen molar-refractivity contribution in [1.29, 1.82) is 0 Å². The predicted molar refractivity (Wildman–Crippen MR) is 77.7 cm³/mol. The zero-order chi connectivity index (χ0) is 14.0. The first-order valence-corrected chi connectivity index (χ1v) is 6.78. The van der Waals surface area contributed by atoms with Crippen LogP contribution in [0.4, 0.5) is 4.39 Å². The van der Waals surface area contributed by atoms with Crippen molar-refractivity contribution < 1.29 is 9.13 Å². The molecule has 1 nitrogen and oxygen atoms in total. The minimum atomic E-state index is -0.302. The number of hydrogen-bond donors (Lipinski definition) is 0. The van der Waals surface area contributed by atoms with Crippen LogP contribution in [0.2, 0.25) is 0 Å². The monoisotopic (exact) mass is 260 g/mol. The third kappa shape index (κ3) is 2.58. The van der Waals surface area contributed by atoms with Gasteiger partial charge in [0.1, 0.15) is 0 Å². The number of hydrogen-bond acceptors (Lipinski definition) is 1. The molecule has 0 saturated heterocycles. The minimum Gasteiger partial charge on any atom is -0.494 e. The van der Waals surface area contributed by atoms with Crippen LogP contribution in [0, 0.1) is 11.7 Å². The molecule has 0 amide bonds. The lowest BCUT2D eigenvalue weighted by Crippen LogP contribution is -1.94. The van der Waals surface area contributed by atoms with E-state index in [9.17, 15) is 4.39 Å². The normalized spacial score (nSPS) is 20.1. The summed E-state index contributed by atoms with van der Waals surface area (Å²) in [6.45, 7) is 6.46. The lowest BCUT2D eigenvalue weighted by Gasteiger charge is -2.12. The number of rotatable bonds is 3. The molecule has 1 atom stereocenters. The van der Waals surface area contributed by atoms with Gasteiger partial charge in [0.2, 0.25) is 0 Å². The third-order valence-corrected chi connectivity index (χ3v) is 4.12. The first-order valence-electron chi connectivity index (χ1n) is 6.78. The third-order valence-electron chi connectivity index (χ3n) is 4.12. The van der Waals surface area contributed by atoms with Gasteiger partial charge in [0.15, 0.2) is 11.6 Å². The van der Waals surface area contributed by atoms with Crippen LogP contribution in [0.3, 0.4) is 0 Å². The zero-order valence-electron chi connectivity index (χ0n) is 12.1. The summed E-state index contributed by atoms with van der Waals surface area (Å²) in [5.74, 6) is 0.626. The average molecular weight is 260 g/mol. The number of halogens is 1. The molecule has 2 rings (SSSR count). The fourth-order valence-electron chi connectivity index (χ4n) is 2.77. The molecule has 102 valence electrons. The number of ether oxygens (including phenoxy) is 1. The number of methoxy groups -OCH3 is 1. The highest BCUT2D eigenvalue weighted by Gasteiger charge is 2.21. The van der Waals surface area contributed by atoms with Gasteiger partial charge in [0.05, 0.1) is 7.11 Å². The van der Waals surface area contributed by atoms with E-state index in [4.69, 9.17) is 4.74 Å². The van der Waals surface area contributed by atoms with Gasteiger partial charge in [0.25, 0.3) is 0 Å². The fourth-order valence-corrected chi connectivity index (χ4v) is 2.77. The first-order chi connectivity index (χ1) is 9.08. The van der Waals surface area contributed by atoms with Crippen molar-refractivity contribution in [3.8, 4) is 5.75 Å². The summed E-state index contributed by atoms with van der Waals surface area (Å²) in [7, 11) is 1.49. The molecule has 0 aromatic heterocycles. The lowest BCUT2D eigenvalue weighted by atomic mass is 9.94. The molecule has 1 aliphatic rings. The Bertz CT molecular complexity index is 540. The highest BCUT2D eigenvalue weighted by molar-refractivity contribution is 5.80. The second kappa shape index (κ2) is 5.60. The molecule has 0 spiro atoms. The van der Waals surface area contributed by atoms with Crippen LogP contribution >= 0.6 is 0 Å². The molecule has 0 bridgehead atoms. The van der Waals surface area contributed by atoms with Gasteiger partial charge in [0, 0.05) is 0 Å². The Hall–Kier alpha value is -1.57. The van der Waals surface area contributed by atoms with E-state index in [-0.39, 0.29) is 5.82 Å². The number of benzene rings is 1. The zero-order valence-corrected chi connectivity index (χ0v) is 12.1. The maximum absolute atomic E-state index is 13.8. The summed E-state index contributed by atoms with van der Waals surface area (Å²) in [5, 5.41) is 0. The van der Waals surface area contributed by atoms with Crippen molar-refractivity contribution in [2.45, 2.75) is 33.6 Å². The van der Waals surface area contributed by atoms with Crippen LogP contribution in [0.25, 0.3) is 5.57 Å². The Morgan fingerprint density at radius 3 is 2.63 bits per heavy atom. The molecule has 1 aliphatic carbocycles. The Labute approximate surface area is 114 Å². The molecule has 0 saturated carbocycles. The van der Waals surface area contributed by atoms with Crippen molar-refractivity contribution in [3.05, 3.63) is 46.8 Å². The van der Waals surface area contributed by atoms with E-state index >= 15 is 0 Å². The number of allylic oxidation sites excluding steroid dienone is 4. The molecular weight excluding hydrogens is 239 g/mol. The SMILES string of the molecule is C/C=C(\C1=C(C)C(C)CC1)c1ccc(OC)c(F)c1. The Kier molecular flexibility index (Phi) is 4.08. The standard InChI is InChI=1S/C17H21FO/c1-5-14(15-8-6-11(2)12(15)3)13-7-9-17(19-4)16(18)10-13/h5,7,9-11H,6,8H2,1-4H3/b14-5-. The summed E-state index contributed by atoms with van der Waals surface area (Å²) in [4.78, 5) is 0. The first kappa shape index (κ1) is 13.9. The van der Waals surface area contributed by atoms with Crippen LogP contribution < -0.4 is 4.74 Å². The van der Waals surface area contributed by atoms with Crippen molar-refractivity contribution in [1.82, 2.24) is 0 Å². The minimum absolute atomic E-state index is 0.296. The molecule has 19 heavy (non-hydrogen) atoms. The molecule has 0 radical (unpaired) electrons. The molecule has 0 aliphatic heterocycles. The Morgan fingerprint density at radius 2 is 2.16 bits per heavy atom. The summed E-state index contributed by atoms with van der Waals surface area (Å²) in [5.41, 5.74) is 4.90. The van der Waals surface area contributed by atoms with E-state index in [1.165, 1.54) is 24.7 Å². The van der Waals surface area contributed by atoms with Gasteiger partial charge in [-0.05, 0) is 61.4 Å². The Morgan fingerprint density at radius 1 is 1.42 bits per heavy atom. The van der Waals surface area contributed by atoms with Crippen molar-refractivity contribution in [3.63, 3.8) is 0 Å². The van der Waals surface area contributed by atoms with Gasteiger partial charge < -0.3 is 4.74 Å². The van der Waals surface area contributed by atoms with Gasteiger partial charge in [-0.25, -0.2) is 4.39 Å². The summed E-state index contributed by atoms with van der Waals surface area (Å²) < 4.78 is 18.8. The van der Waals surface area contributed by atoms with Gasteiger partial charge in [-0.2, -0.15) is 0 Å². The van der Waals surface area contributed by atoms with Gasteiger partial charge >= 0.3 is 0 Å². The molecule has 0 heterocycles. The van der Waals surface area contributed by atoms with Crippen molar-refractivity contribution in [2.24, 2.45) is 5.92 Å². The molecule has 2 heteroatoms. The van der Waals surface area contributed by atoms with Crippen LogP contribution in [0.1, 0.15) is 39.2 Å². The van der Waals surface area contributed by atoms with Gasteiger partial charge in [-0.3, -0.25) is 0 Å². The van der Waals surface area contributed by atoms with E-state index in [0.29, 0.717) is 11.7 Å². The summed E-state index contributed by atoms with van der Waals surface area (Å²) in [6, 6.07) is 5.19. The van der Waals surface area contributed by atoms with Crippen molar-refractivity contribution >= 4 is 5.57 Å². The molecule has 0 fully saturated rings. The second-order valence-corrected chi connectivity index (χ2v) is 5.15. The molecule has 0 N–H and O–H groups in total. The second-order valence-electron chi connectivity index (χ2n) is 5.15. The molecule has 1 aromatic carbocycles. The van der Waals surface area contributed by atoms with Gasteiger partial charge in [-0.1, -0.05) is 24.6 Å². The van der Waals surface area contributed by atoms with E-state index in [2.05, 4.69) is 19.9 Å². The average Bonchev–Trinajstić information content (AvgIpc) is 2.72. The van der Waals surface area contributed by atoms with E-state index in [1.54, 1.807) is 12.1 Å². The maximum atomic E-state index is 13.8. The predicted octanol–water partition coefficient (Wildman–Crippen LogP) is 4.98. The van der Waals surface area contributed by atoms with E-state index < -0.39 is 0 Å². The highest BCUT2D eigenvalue weighted by atomic mass is 19.1. The molecule has 1 unspecified atom stereocenters. The van der Waals surface area contributed by atoms with Crippen molar-refractivity contribution in [2.75, 3.05) is 7.11 Å². The van der Waals surface area contributed by atoms with Crippen LogP contribution in [0.5, 0.6) is 5.75 Å². The topological polar surface area (TPSA) is 9.23 Å². The van der Waals surface area contributed by atoms with Gasteiger partial charge in [-0.15, -0.1) is 0 Å². The van der Waals surface area contributed by atoms with Crippen LogP contribution in [-0.2, 0) is 0 Å². The largest absolute Gasteiger partial charge is 0.494 e. The molecule has 1 aromatic rings. The smallest absolute Gasteiger partial charge is 0.165 e. The van der Waals surface area contributed by atoms with Crippen LogP contribution in [0.15, 0.2) is 35.4 Å². The fraction of sp³-hybridized carbons (Fsp3) is 0.412. The lowest BCUT2D eigenvalue weighted by molar-refractivity contribution is 0.386. The maximum Gasteiger partial charge on any atom is 0.165 e. The van der Waals surface area contributed by atoms with Crippen LogP contribution in [-0.4, -0.2) is 7.11 Å². The van der Waals surface area contributed by atoms with E-state index in [0.717, 1.165) is 17.6 Å². The highest BCUT2D eigenvalue weighted by Crippen LogP contribution is 2.39. The summed E-state index contributed by atoms with van der Waals surface area (Å²) >= 11 is 0. The quantitative estimate of drug-likeness (QED) is 0.744. The Balaban J connectivity index is 2.42. The van der Waals surface area contributed by atoms with E-state index in [1.807, 2.05) is 13.0 Å².